The van der Waals surface area contributed by atoms with Gasteiger partial charge in [0.1, 0.15) is 0 Å². The van der Waals surface area contributed by atoms with E-state index in [4.69, 9.17) is 0 Å². The minimum Gasteiger partial charge on any atom is -0.480 e. The van der Waals surface area contributed by atoms with E-state index in [1.807, 2.05) is 0 Å². The molecule has 4 nitrogen and oxygen atoms in total. The van der Waals surface area contributed by atoms with Gasteiger partial charge in [0.25, 0.3) is 0 Å². The van der Waals surface area contributed by atoms with Crippen LogP contribution in [0.5, 0.6) is 0 Å². The normalized spacial score (nSPS) is 18.9. The van der Waals surface area contributed by atoms with Gasteiger partial charge in [-0.25, -0.2) is 8.42 Å². The fraction of sp³-hybridized carbons (Fsp3) is 0.500. The molecule has 0 saturated heterocycles. The quantitative estimate of drug-likeness (QED) is 0.921. The molecule has 0 radical (unpaired) electrons. The minimum absolute atomic E-state index is 0.348. The monoisotopic (exact) mass is 282 g/mol. The number of sulfone groups is 1. The lowest BCUT2D eigenvalue weighted by atomic mass is 10.0. The Hall–Kier alpha value is -1.36. The summed E-state index contributed by atoms with van der Waals surface area (Å²) in [6, 6.07) is 8.22. The van der Waals surface area contributed by atoms with E-state index in [2.05, 4.69) is 0 Å². The highest BCUT2D eigenvalue weighted by Crippen LogP contribution is 2.33. The van der Waals surface area contributed by atoms with Crippen LogP contribution in [0.1, 0.15) is 42.9 Å². The Morgan fingerprint density at radius 3 is 2.21 bits per heavy atom. The molecule has 0 aliphatic heterocycles. The molecule has 1 aromatic carbocycles. The second-order valence-electron chi connectivity index (χ2n) is 4.98. The first-order valence-corrected chi connectivity index (χ1v) is 8.15. The molecule has 1 aliphatic carbocycles. The summed E-state index contributed by atoms with van der Waals surface area (Å²) in [5, 5.41) is 7.37. The van der Waals surface area contributed by atoms with E-state index in [0.717, 1.165) is 19.3 Å². The van der Waals surface area contributed by atoms with Crippen LogP contribution in [0.2, 0.25) is 0 Å². The van der Waals surface area contributed by atoms with Gasteiger partial charge in [-0.2, -0.15) is 0 Å². The van der Waals surface area contributed by atoms with Gasteiger partial charge < -0.3 is 5.11 Å². The standard InChI is InChI=1S/C14H18O4S/c15-14(16)13(11-7-3-1-4-8-11)19(17,18)12-9-5-2-6-10-12/h1,3-4,7-8,12-13H,2,5-6,9-10H2,(H,15,16). The van der Waals surface area contributed by atoms with Gasteiger partial charge in [0, 0.05) is 0 Å². The van der Waals surface area contributed by atoms with Crippen LogP contribution in [0.25, 0.3) is 0 Å². The third kappa shape index (κ3) is 2.97. The topological polar surface area (TPSA) is 71.4 Å². The number of carboxylic acid groups (broad SMARTS) is 1. The van der Waals surface area contributed by atoms with E-state index in [0.29, 0.717) is 18.4 Å². The van der Waals surface area contributed by atoms with E-state index in [9.17, 15) is 18.3 Å². The molecule has 1 saturated carbocycles. The van der Waals surface area contributed by atoms with Crippen LogP contribution >= 0.6 is 0 Å². The first-order valence-electron chi connectivity index (χ1n) is 6.54. The molecule has 0 bridgehead atoms. The van der Waals surface area contributed by atoms with Crippen molar-refractivity contribution in [1.29, 1.82) is 0 Å². The predicted molar refractivity (Wildman–Crippen MR) is 72.6 cm³/mol. The second kappa shape index (κ2) is 5.74. The number of hydrogen-bond acceptors (Lipinski definition) is 3. The first kappa shape index (κ1) is 14.1. The fourth-order valence-corrected chi connectivity index (χ4v) is 4.88. The second-order valence-corrected chi connectivity index (χ2v) is 7.29. The lowest BCUT2D eigenvalue weighted by Crippen LogP contribution is -2.32. The van der Waals surface area contributed by atoms with Gasteiger partial charge in [0.15, 0.2) is 15.1 Å². The van der Waals surface area contributed by atoms with Crippen LogP contribution < -0.4 is 0 Å². The minimum atomic E-state index is -3.68. The van der Waals surface area contributed by atoms with Gasteiger partial charge in [0.05, 0.1) is 5.25 Å². The highest BCUT2D eigenvalue weighted by molar-refractivity contribution is 7.93. The molecular formula is C14H18O4S. The summed E-state index contributed by atoms with van der Waals surface area (Å²) in [4.78, 5) is 11.4. The Labute approximate surface area is 113 Å². The summed E-state index contributed by atoms with van der Waals surface area (Å²) in [7, 11) is -3.68. The lowest BCUT2D eigenvalue weighted by Gasteiger charge is -2.25. The molecule has 0 heterocycles. The van der Waals surface area contributed by atoms with E-state index in [1.165, 1.54) is 0 Å². The number of carbonyl (C=O) groups is 1. The summed E-state index contributed by atoms with van der Waals surface area (Å²) in [5.74, 6) is -1.28. The Kier molecular flexibility index (Phi) is 4.24. The number of rotatable bonds is 4. The molecule has 1 aromatic rings. The van der Waals surface area contributed by atoms with E-state index in [-0.39, 0.29) is 0 Å². The maximum Gasteiger partial charge on any atom is 0.326 e. The zero-order valence-electron chi connectivity index (χ0n) is 10.7. The summed E-state index contributed by atoms with van der Waals surface area (Å²) in [6.45, 7) is 0. The van der Waals surface area contributed by atoms with Crippen molar-refractivity contribution in [3.05, 3.63) is 35.9 Å². The van der Waals surface area contributed by atoms with Crippen LogP contribution in [-0.2, 0) is 14.6 Å². The number of carboxylic acids is 1. The van der Waals surface area contributed by atoms with Crippen molar-refractivity contribution in [3.63, 3.8) is 0 Å². The zero-order valence-corrected chi connectivity index (χ0v) is 11.5. The maximum absolute atomic E-state index is 12.5. The van der Waals surface area contributed by atoms with Crippen molar-refractivity contribution in [2.45, 2.75) is 42.6 Å². The molecule has 0 amide bonds. The van der Waals surface area contributed by atoms with Gasteiger partial charge in [0.2, 0.25) is 0 Å². The lowest BCUT2D eigenvalue weighted by molar-refractivity contribution is -0.136. The first-order chi connectivity index (χ1) is 9.03. The molecule has 1 fully saturated rings. The fourth-order valence-electron chi connectivity index (χ4n) is 2.69. The molecule has 104 valence electrons. The van der Waals surface area contributed by atoms with Crippen molar-refractivity contribution in [2.24, 2.45) is 0 Å². The van der Waals surface area contributed by atoms with E-state index < -0.39 is 26.3 Å². The summed E-state index contributed by atoms with van der Waals surface area (Å²) in [5.41, 5.74) is 0.348. The van der Waals surface area contributed by atoms with E-state index in [1.54, 1.807) is 30.3 Å². The summed E-state index contributed by atoms with van der Waals surface area (Å²) >= 11 is 0. The third-order valence-electron chi connectivity index (χ3n) is 3.67. The van der Waals surface area contributed by atoms with Crippen molar-refractivity contribution >= 4 is 15.8 Å². The molecule has 19 heavy (non-hydrogen) atoms. The molecule has 0 aromatic heterocycles. The van der Waals surface area contributed by atoms with Gasteiger partial charge in [-0.1, -0.05) is 49.6 Å². The predicted octanol–water partition coefficient (Wildman–Crippen LogP) is 2.56. The van der Waals surface area contributed by atoms with Crippen LogP contribution in [0.4, 0.5) is 0 Å². The molecule has 2 rings (SSSR count). The number of benzene rings is 1. The zero-order chi connectivity index (χ0) is 13.9. The molecule has 0 spiro atoms. The molecular weight excluding hydrogens is 264 g/mol. The molecule has 5 heteroatoms. The number of hydrogen-bond donors (Lipinski definition) is 1. The molecule has 1 N–H and O–H groups in total. The Bertz CT molecular complexity index is 530. The van der Waals surface area contributed by atoms with Crippen molar-refractivity contribution in [1.82, 2.24) is 0 Å². The summed E-state index contributed by atoms with van der Waals surface area (Å²) in [6.07, 6.45) is 3.93. The highest BCUT2D eigenvalue weighted by Gasteiger charge is 2.40. The highest BCUT2D eigenvalue weighted by atomic mass is 32.2. The average molecular weight is 282 g/mol. The Balaban J connectivity index is 2.36. The average Bonchev–Trinajstić information content (AvgIpc) is 2.40. The number of aliphatic carboxylic acids is 1. The van der Waals surface area contributed by atoms with Crippen molar-refractivity contribution in [2.75, 3.05) is 0 Å². The molecule has 1 atom stereocenters. The van der Waals surface area contributed by atoms with Crippen LogP contribution in [-0.4, -0.2) is 24.7 Å². The van der Waals surface area contributed by atoms with Gasteiger partial charge in [-0.15, -0.1) is 0 Å². The van der Waals surface area contributed by atoms with E-state index >= 15 is 0 Å². The van der Waals surface area contributed by atoms with Crippen LogP contribution in [0, 0.1) is 0 Å². The maximum atomic E-state index is 12.5. The van der Waals surface area contributed by atoms with Crippen LogP contribution in [0.3, 0.4) is 0 Å². The largest absolute Gasteiger partial charge is 0.480 e. The summed E-state index contributed by atoms with van der Waals surface area (Å²) < 4.78 is 25.1. The van der Waals surface area contributed by atoms with Gasteiger partial charge in [-0.3, -0.25) is 4.79 Å². The van der Waals surface area contributed by atoms with Gasteiger partial charge >= 0.3 is 5.97 Å². The molecule has 1 aliphatic rings. The molecule has 1 unspecified atom stereocenters. The van der Waals surface area contributed by atoms with Gasteiger partial charge in [-0.05, 0) is 18.4 Å². The third-order valence-corrected chi connectivity index (χ3v) is 6.20. The SMILES string of the molecule is O=C(O)C(c1ccccc1)S(=O)(=O)C1CCCCC1. The smallest absolute Gasteiger partial charge is 0.326 e. The van der Waals surface area contributed by atoms with Crippen molar-refractivity contribution < 1.29 is 18.3 Å². The Morgan fingerprint density at radius 2 is 1.68 bits per heavy atom. The van der Waals surface area contributed by atoms with Crippen molar-refractivity contribution in [3.8, 4) is 0 Å². The Morgan fingerprint density at radius 1 is 1.11 bits per heavy atom. The van der Waals surface area contributed by atoms with Crippen LogP contribution in [0.15, 0.2) is 30.3 Å².